The molecule has 1 atom stereocenters. The number of nitrogens with one attached hydrogen (secondary N) is 2. The van der Waals surface area contributed by atoms with Crippen molar-refractivity contribution in [2.24, 2.45) is 13.0 Å². The minimum atomic E-state index is -1.21. The van der Waals surface area contributed by atoms with E-state index in [0.29, 0.717) is 12.3 Å². The van der Waals surface area contributed by atoms with E-state index in [1.54, 1.807) is 0 Å². The van der Waals surface area contributed by atoms with Crippen LogP contribution in [0.5, 0.6) is 0 Å². The molecule has 2 amide bonds. The standard InChI is InChI=1S/C26H26N4O5/c1-30-23(25(32)33)22(13-27-30)28-24(31)21(12-15-10-11-15)29-26(34)35-14-20-18-8-4-2-6-16(18)17-7-3-5-9-19(17)20/h2-9,13,15,20-21H,10-12,14H2,1H3,(H,28,31)(H,29,34)(H,32,33)/t21-/m0/s1. The van der Waals surface area contributed by atoms with Gasteiger partial charge in [-0.1, -0.05) is 61.4 Å². The number of amides is 2. The number of carbonyl (C=O) groups excluding carboxylic acids is 2. The average molecular weight is 475 g/mol. The molecule has 180 valence electrons. The fourth-order valence-electron chi connectivity index (χ4n) is 4.70. The van der Waals surface area contributed by atoms with Crippen LogP contribution in [0.3, 0.4) is 0 Å². The van der Waals surface area contributed by atoms with Crippen molar-refractivity contribution in [3.8, 4) is 11.1 Å². The minimum absolute atomic E-state index is 0.0835. The summed E-state index contributed by atoms with van der Waals surface area (Å²) in [4.78, 5) is 37.2. The van der Waals surface area contributed by atoms with Gasteiger partial charge in [-0.05, 0) is 34.6 Å². The normalized spacial score (nSPS) is 15.1. The van der Waals surface area contributed by atoms with Crippen molar-refractivity contribution < 1.29 is 24.2 Å². The van der Waals surface area contributed by atoms with Crippen LogP contribution in [-0.4, -0.2) is 45.5 Å². The molecule has 35 heavy (non-hydrogen) atoms. The molecule has 3 aromatic rings. The number of carboxylic acids is 1. The van der Waals surface area contributed by atoms with E-state index in [9.17, 15) is 19.5 Å². The summed E-state index contributed by atoms with van der Waals surface area (Å²) in [5.41, 5.74) is 4.42. The molecule has 9 nitrogen and oxygen atoms in total. The van der Waals surface area contributed by atoms with Gasteiger partial charge in [-0.2, -0.15) is 5.10 Å². The molecule has 0 aliphatic heterocycles. The van der Waals surface area contributed by atoms with Gasteiger partial charge in [0.25, 0.3) is 0 Å². The predicted molar refractivity (Wildman–Crippen MR) is 128 cm³/mol. The zero-order valence-corrected chi connectivity index (χ0v) is 19.2. The van der Waals surface area contributed by atoms with Gasteiger partial charge in [-0.25, -0.2) is 9.59 Å². The predicted octanol–water partition coefficient (Wildman–Crippen LogP) is 3.76. The van der Waals surface area contributed by atoms with E-state index in [2.05, 4.69) is 27.9 Å². The first-order chi connectivity index (χ1) is 16.9. The Bertz CT molecular complexity index is 1250. The highest BCUT2D eigenvalue weighted by Crippen LogP contribution is 2.44. The van der Waals surface area contributed by atoms with Crippen molar-refractivity contribution in [3.05, 3.63) is 71.5 Å². The van der Waals surface area contributed by atoms with Gasteiger partial charge in [0.2, 0.25) is 5.91 Å². The Hall–Kier alpha value is -4.14. The van der Waals surface area contributed by atoms with Crippen molar-refractivity contribution in [2.75, 3.05) is 11.9 Å². The molecule has 1 saturated carbocycles. The highest BCUT2D eigenvalue weighted by atomic mass is 16.5. The van der Waals surface area contributed by atoms with E-state index in [-0.39, 0.29) is 23.9 Å². The fourth-order valence-corrected chi connectivity index (χ4v) is 4.70. The summed E-state index contributed by atoms with van der Waals surface area (Å²) >= 11 is 0. The van der Waals surface area contributed by atoms with Crippen molar-refractivity contribution in [1.29, 1.82) is 0 Å². The maximum Gasteiger partial charge on any atom is 0.407 e. The van der Waals surface area contributed by atoms with E-state index < -0.39 is 24.0 Å². The maximum atomic E-state index is 13.0. The Morgan fingerprint density at radius 1 is 1.09 bits per heavy atom. The highest BCUT2D eigenvalue weighted by molar-refractivity contribution is 6.01. The lowest BCUT2D eigenvalue weighted by Gasteiger charge is -2.19. The molecule has 2 aromatic carbocycles. The van der Waals surface area contributed by atoms with Gasteiger partial charge in [0.15, 0.2) is 5.69 Å². The molecule has 0 spiro atoms. The molecule has 1 heterocycles. The molecule has 3 N–H and O–H groups in total. The van der Waals surface area contributed by atoms with Crippen LogP contribution in [0.15, 0.2) is 54.7 Å². The number of carboxylic acid groups (broad SMARTS) is 1. The van der Waals surface area contributed by atoms with Gasteiger partial charge >= 0.3 is 12.1 Å². The third-order valence-electron chi connectivity index (χ3n) is 6.62. The SMILES string of the molecule is Cn1ncc(NC(=O)[C@H](CC2CC2)NC(=O)OCC2c3ccccc3-c3ccccc32)c1C(=O)O. The Balaban J connectivity index is 1.26. The molecule has 0 bridgehead atoms. The molecule has 0 unspecified atom stereocenters. The lowest BCUT2D eigenvalue weighted by Crippen LogP contribution is -2.44. The third kappa shape index (κ3) is 4.62. The number of hydrogen-bond donors (Lipinski definition) is 3. The van der Waals surface area contributed by atoms with Gasteiger partial charge in [0, 0.05) is 13.0 Å². The molecule has 1 fully saturated rings. The summed E-state index contributed by atoms with van der Waals surface area (Å²) in [6, 6.07) is 15.3. The molecular formula is C26H26N4O5. The third-order valence-corrected chi connectivity index (χ3v) is 6.62. The number of anilines is 1. The number of benzene rings is 2. The zero-order chi connectivity index (χ0) is 24.5. The molecule has 0 radical (unpaired) electrons. The number of ether oxygens (including phenoxy) is 1. The number of nitrogens with zero attached hydrogens (tertiary/aromatic N) is 2. The van der Waals surface area contributed by atoms with Crippen LogP contribution in [0.25, 0.3) is 11.1 Å². The van der Waals surface area contributed by atoms with E-state index >= 15 is 0 Å². The lowest BCUT2D eigenvalue weighted by atomic mass is 9.98. The number of aromatic carboxylic acids is 1. The maximum absolute atomic E-state index is 13.0. The van der Waals surface area contributed by atoms with Crippen LogP contribution in [0.2, 0.25) is 0 Å². The number of alkyl carbamates (subject to hydrolysis) is 1. The van der Waals surface area contributed by atoms with E-state index in [1.807, 2.05) is 36.4 Å². The number of rotatable bonds is 8. The summed E-state index contributed by atoms with van der Waals surface area (Å²) in [5, 5.41) is 18.6. The Kier molecular flexibility index (Phi) is 5.98. The first kappa shape index (κ1) is 22.6. The molecule has 5 rings (SSSR count). The van der Waals surface area contributed by atoms with Crippen LogP contribution >= 0.6 is 0 Å². The van der Waals surface area contributed by atoms with Crippen LogP contribution in [0.1, 0.15) is 46.8 Å². The Labute approximate surface area is 202 Å². The summed E-state index contributed by atoms with van der Waals surface area (Å²) in [6.45, 7) is 0.142. The molecule has 9 heteroatoms. The molecule has 2 aliphatic carbocycles. The number of carbonyl (C=O) groups is 3. The second-order valence-electron chi connectivity index (χ2n) is 9.03. The van der Waals surface area contributed by atoms with Crippen LogP contribution < -0.4 is 10.6 Å². The first-order valence-electron chi connectivity index (χ1n) is 11.6. The van der Waals surface area contributed by atoms with Gasteiger partial charge < -0.3 is 20.5 Å². The van der Waals surface area contributed by atoms with Crippen molar-refractivity contribution >= 4 is 23.7 Å². The summed E-state index contributed by atoms with van der Waals surface area (Å²) in [7, 11) is 1.48. The Morgan fingerprint density at radius 3 is 2.31 bits per heavy atom. The lowest BCUT2D eigenvalue weighted by molar-refractivity contribution is -0.118. The molecule has 2 aliphatic rings. The Morgan fingerprint density at radius 2 is 1.71 bits per heavy atom. The number of hydrogen-bond acceptors (Lipinski definition) is 5. The molecule has 1 aromatic heterocycles. The zero-order valence-electron chi connectivity index (χ0n) is 19.2. The average Bonchev–Trinajstić information content (AvgIpc) is 3.50. The van der Waals surface area contributed by atoms with E-state index in [4.69, 9.17) is 4.74 Å². The summed E-state index contributed by atoms with van der Waals surface area (Å²) < 4.78 is 6.77. The first-order valence-corrected chi connectivity index (χ1v) is 11.6. The molecule has 0 saturated heterocycles. The van der Waals surface area contributed by atoms with Crippen molar-refractivity contribution in [3.63, 3.8) is 0 Å². The van der Waals surface area contributed by atoms with Crippen LogP contribution in [-0.2, 0) is 16.6 Å². The second kappa shape index (κ2) is 9.25. The van der Waals surface area contributed by atoms with Gasteiger partial charge in [-0.3, -0.25) is 9.48 Å². The smallest absolute Gasteiger partial charge is 0.407 e. The highest BCUT2D eigenvalue weighted by Gasteiger charge is 2.33. The monoisotopic (exact) mass is 474 g/mol. The minimum Gasteiger partial charge on any atom is -0.476 e. The second-order valence-corrected chi connectivity index (χ2v) is 9.03. The summed E-state index contributed by atoms with van der Waals surface area (Å²) in [6.07, 6.45) is 3.03. The van der Waals surface area contributed by atoms with Gasteiger partial charge in [0.1, 0.15) is 12.6 Å². The fraction of sp³-hybridized carbons (Fsp3) is 0.308. The quantitative estimate of drug-likeness (QED) is 0.457. The van der Waals surface area contributed by atoms with E-state index in [0.717, 1.165) is 35.1 Å². The van der Waals surface area contributed by atoms with E-state index in [1.165, 1.54) is 17.9 Å². The van der Waals surface area contributed by atoms with Crippen molar-refractivity contribution in [2.45, 2.75) is 31.2 Å². The van der Waals surface area contributed by atoms with Crippen LogP contribution in [0, 0.1) is 5.92 Å². The largest absolute Gasteiger partial charge is 0.476 e. The number of aromatic nitrogens is 2. The topological polar surface area (TPSA) is 123 Å². The molecular weight excluding hydrogens is 448 g/mol. The van der Waals surface area contributed by atoms with Gasteiger partial charge in [-0.15, -0.1) is 0 Å². The summed E-state index contributed by atoms with van der Waals surface area (Å²) in [5.74, 6) is -1.45. The van der Waals surface area contributed by atoms with Crippen LogP contribution in [0.4, 0.5) is 10.5 Å². The van der Waals surface area contributed by atoms with Crippen molar-refractivity contribution in [1.82, 2.24) is 15.1 Å². The number of fused-ring (bicyclic) bond motifs is 3. The van der Waals surface area contributed by atoms with Gasteiger partial charge in [0.05, 0.1) is 11.9 Å². The number of aryl methyl sites for hydroxylation is 1.